The van der Waals surface area contributed by atoms with Crippen LogP contribution in [0.15, 0.2) is 55.1 Å². The van der Waals surface area contributed by atoms with Gasteiger partial charge in [0.05, 0.1) is 0 Å². The highest BCUT2D eigenvalue weighted by Crippen LogP contribution is 2.20. The monoisotopic (exact) mass is 293 g/mol. The molecule has 1 amide bonds. The lowest BCUT2D eigenvalue weighted by Gasteiger charge is -2.22. The number of alkyl halides is 3. The third kappa shape index (κ3) is 3.84. The Hall–Kier alpha value is -2.30. The fourth-order valence-corrected chi connectivity index (χ4v) is 2.10. The molecule has 0 heterocycles. The zero-order chi connectivity index (χ0) is 15.5. The van der Waals surface area contributed by atoms with Crippen LogP contribution in [0.4, 0.5) is 13.2 Å². The number of carbonyl (C=O) groups excluding carboxylic acids is 1. The van der Waals surface area contributed by atoms with Crippen molar-refractivity contribution in [3.63, 3.8) is 0 Å². The van der Waals surface area contributed by atoms with Gasteiger partial charge in [0.1, 0.15) is 6.54 Å². The minimum atomic E-state index is -4.44. The number of hydrogen-bond donors (Lipinski definition) is 0. The molecule has 2 rings (SSSR count). The maximum atomic E-state index is 12.5. The quantitative estimate of drug-likeness (QED) is 0.779. The number of nitrogens with zero attached hydrogens (tertiary/aromatic N) is 1. The Labute approximate surface area is 120 Å². The summed E-state index contributed by atoms with van der Waals surface area (Å²) in [5.74, 6) is -0.655. The number of fused-ring (bicyclic) bond motifs is 1. The van der Waals surface area contributed by atoms with Gasteiger partial charge in [-0.1, -0.05) is 36.4 Å². The highest BCUT2D eigenvalue weighted by molar-refractivity contribution is 5.98. The van der Waals surface area contributed by atoms with Crippen molar-refractivity contribution in [3.05, 3.63) is 60.7 Å². The minimum Gasteiger partial charge on any atom is -0.326 e. The van der Waals surface area contributed by atoms with E-state index in [1.165, 1.54) is 12.1 Å². The first kappa shape index (κ1) is 15.1. The third-order valence-corrected chi connectivity index (χ3v) is 3.00. The Kier molecular flexibility index (Phi) is 4.31. The molecule has 2 aromatic rings. The van der Waals surface area contributed by atoms with Crippen molar-refractivity contribution >= 4 is 16.7 Å². The Balaban J connectivity index is 2.31. The van der Waals surface area contributed by atoms with Crippen LogP contribution in [0, 0.1) is 0 Å². The zero-order valence-corrected chi connectivity index (χ0v) is 11.2. The SMILES string of the molecule is C=CCN(CC(F)(F)F)C(=O)c1ccc2ccccc2c1. The van der Waals surface area contributed by atoms with Gasteiger partial charge in [-0.05, 0) is 22.9 Å². The summed E-state index contributed by atoms with van der Waals surface area (Å²) in [4.78, 5) is 13.0. The number of benzene rings is 2. The van der Waals surface area contributed by atoms with Crippen molar-refractivity contribution in [1.82, 2.24) is 4.90 Å². The Morgan fingerprint density at radius 1 is 1.14 bits per heavy atom. The van der Waals surface area contributed by atoms with Gasteiger partial charge in [0.2, 0.25) is 0 Å². The van der Waals surface area contributed by atoms with Crippen LogP contribution >= 0.6 is 0 Å². The minimum absolute atomic E-state index is 0.148. The molecule has 2 aromatic carbocycles. The summed E-state index contributed by atoms with van der Waals surface area (Å²) in [6.45, 7) is 1.96. The van der Waals surface area contributed by atoms with Gasteiger partial charge < -0.3 is 4.90 Å². The molecule has 0 bridgehead atoms. The fourth-order valence-electron chi connectivity index (χ4n) is 2.10. The molecule has 2 nitrogen and oxygen atoms in total. The van der Waals surface area contributed by atoms with E-state index >= 15 is 0 Å². The summed E-state index contributed by atoms with van der Waals surface area (Å²) >= 11 is 0. The van der Waals surface area contributed by atoms with Crippen LogP contribution in [-0.2, 0) is 0 Å². The van der Waals surface area contributed by atoms with Gasteiger partial charge in [-0.3, -0.25) is 4.79 Å². The summed E-state index contributed by atoms with van der Waals surface area (Å²) in [6, 6.07) is 12.2. The number of rotatable bonds is 4. The standard InChI is InChI=1S/C16H14F3NO/c1-2-9-20(11-16(17,18)19)15(21)14-8-7-12-5-3-4-6-13(12)10-14/h2-8,10H,1,9,11H2. The number of amides is 1. The smallest absolute Gasteiger partial charge is 0.326 e. The topological polar surface area (TPSA) is 20.3 Å². The lowest BCUT2D eigenvalue weighted by atomic mass is 10.1. The Morgan fingerprint density at radius 2 is 1.81 bits per heavy atom. The summed E-state index contributed by atoms with van der Waals surface area (Å²) < 4.78 is 37.6. The van der Waals surface area contributed by atoms with Crippen molar-refractivity contribution in [2.24, 2.45) is 0 Å². The van der Waals surface area contributed by atoms with E-state index in [0.29, 0.717) is 0 Å². The van der Waals surface area contributed by atoms with Crippen molar-refractivity contribution in [1.29, 1.82) is 0 Å². The predicted octanol–water partition coefficient (Wildman–Crippen LogP) is 4.03. The predicted molar refractivity (Wildman–Crippen MR) is 76.1 cm³/mol. The van der Waals surface area contributed by atoms with Gasteiger partial charge in [-0.25, -0.2) is 0 Å². The van der Waals surface area contributed by atoms with E-state index < -0.39 is 18.6 Å². The molecule has 0 aliphatic rings. The van der Waals surface area contributed by atoms with E-state index in [1.54, 1.807) is 12.1 Å². The van der Waals surface area contributed by atoms with Crippen molar-refractivity contribution < 1.29 is 18.0 Å². The van der Waals surface area contributed by atoms with Gasteiger partial charge in [-0.2, -0.15) is 13.2 Å². The third-order valence-electron chi connectivity index (χ3n) is 3.00. The maximum absolute atomic E-state index is 12.5. The first-order valence-corrected chi connectivity index (χ1v) is 6.36. The average molecular weight is 293 g/mol. The van der Waals surface area contributed by atoms with Crippen LogP contribution in [0.5, 0.6) is 0 Å². The molecule has 21 heavy (non-hydrogen) atoms. The largest absolute Gasteiger partial charge is 0.406 e. The zero-order valence-electron chi connectivity index (χ0n) is 11.2. The normalized spacial score (nSPS) is 11.4. The molecule has 0 N–H and O–H groups in total. The summed E-state index contributed by atoms with van der Waals surface area (Å²) in [7, 11) is 0. The second kappa shape index (κ2) is 5.99. The highest BCUT2D eigenvalue weighted by Gasteiger charge is 2.32. The van der Waals surface area contributed by atoms with E-state index in [0.717, 1.165) is 15.7 Å². The Bertz CT molecular complexity index is 664. The maximum Gasteiger partial charge on any atom is 0.406 e. The van der Waals surface area contributed by atoms with Crippen LogP contribution in [0.25, 0.3) is 10.8 Å². The fraction of sp³-hybridized carbons (Fsp3) is 0.188. The van der Waals surface area contributed by atoms with E-state index in [9.17, 15) is 18.0 Å². The highest BCUT2D eigenvalue weighted by atomic mass is 19.4. The van der Waals surface area contributed by atoms with Crippen LogP contribution in [0.3, 0.4) is 0 Å². The molecule has 0 spiro atoms. The van der Waals surface area contributed by atoms with Gasteiger partial charge in [-0.15, -0.1) is 6.58 Å². The van der Waals surface area contributed by atoms with Crippen LogP contribution in [-0.4, -0.2) is 30.1 Å². The number of hydrogen-bond acceptors (Lipinski definition) is 1. The molecule has 0 aliphatic heterocycles. The first-order valence-electron chi connectivity index (χ1n) is 6.36. The summed E-state index contributed by atoms with van der Waals surface area (Å²) in [5.41, 5.74) is 0.236. The number of carbonyl (C=O) groups is 1. The molecular weight excluding hydrogens is 279 g/mol. The van der Waals surface area contributed by atoms with E-state index in [1.807, 2.05) is 24.3 Å². The molecule has 0 saturated carbocycles. The first-order chi connectivity index (χ1) is 9.90. The molecule has 5 heteroatoms. The van der Waals surface area contributed by atoms with Crippen molar-refractivity contribution in [2.45, 2.75) is 6.18 Å². The lowest BCUT2D eigenvalue weighted by molar-refractivity contribution is -0.139. The Morgan fingerprint density at radius 3 is 2.43 bits per heavy atom. The molecule has 0 unspecified atom stereocenters. The molecule has 0 saturated heterocycles. The van der Waals surface area contributed by atoms with E-state index in [2.05, 4.69) is 6.58 Å². The molecule has 110 valence electrons. The molecule has 0 aliphatic carbocycles. The van der Waals surface area contributed by atoms with Crippen LogP contribution in [0.2, 0.25) is 0 Å². The molecular formula is C16H14F3NO. The van der Waals surface area contributed by atoms with Gasteiger partial charge in [0, 0.05) is 12.1 Å². The average Bonchev–Trinajstić information content (AvgIpc) is 2.44. The molecule has 0 aromatic heterocycles. The second-order valence-electron chi connectivity index (χ2n) is 4.65. The molecule has 0 radical (unpaired) electrons. The molecule has 0 atom stereocenters. The molecule has 0 fully saturated rings. The van der Waals surface area contributed by atoms with Gasteiger partial charge in [0.25, 0.3) is 5.91 Å². The van der Waals surface area contributed by atoms with Crippen molar-refractivity contribution in [3.8, 4) is 0 Å². The second-order valence-corrected chi connectivity index (χ2v) is 4.65. The number of halogens is 3. The van der Waals surface area contributed by atoms with Crippen molar-refractivity contribution in [2.75, 3.05) is 13.1 Å². The van der Waals surface area contributed by atoms with Crippen LogP contribution < -0.4 is 0 Å². The van der Waals surface area contributed by atoms with Gasteiger partial charge >= 0.3 is 6.18 Å². The summed E-state index contributed by atoms with van der Waals surface area (Å²) in [5, 5.41) is 1.74. The van der Waals surface area contributed by atoms with Crippen LogP contribution in [0.1, 0.15) is 10.4 Å². The summed E-state index contributed by atoms with van der Waals surface area (Å²) in [6.07, 6.45) is -3.15. The van der Waals surface area contributed by atoms with Gasteiger partial charge in [0.15, 0.2) is 0 Å². The van der Waals surface area contributed by atoms with E-state index in [-0.39, 0.29) is 12.1 Å². The van der Waals surface area contributed by atoms with E-state index in [4.69, 9.17) is 0 Å². The lowest BCUT2D eigenvalue weighted by Crippen LogP contribution is -2.39.